The van der Waals surface area contributed by atoms with Crippen LogP contribution in [0.2, 0.25) is 0 Å². The maximum Gasteiger partial charge on any atom is 0.280 e. The standard InChI is InChI=1S/C22H26F2N8O/c1-30-4-6-31(7-5-30)16-2-3-18(25-14-16)28-22-26-13-15-12-17(20(23)24)27-21(19(15)29-22)32-8-10-33-11-9-32/h2-3,12-14,20H,4-11H2,1H3,(H,25,26,28,29). The fraction of sp³-hybridized carbons (Fsp3) is 0.455. The van der Waals surface area contributed by atoms with Gasteiger partial charge >= 0.3 is 0 Å². The average Bonchev–Trinajstić information content (AvgIpc) is 2.85. The van der Waals surface area contributed by atoms with E-state index >= 15 is 0 Å². The number of halogens is 2. The molecule has 2 fully saturated rings. The number of piperazine rings is 1. The first-order chi connectivity index (χ1) is 16.1. The summed E-state index contributed by atoms with van der Waals surface area (Å²) >= 11 is 0. The molecule has 174 valence electrons. The molecule has 0 unspecified atom stereocenters. The molecule has 0 saturated carbocycles. The van der Waals surface area contributed by atoms with E-state index in [1.165, 1.54) is 6.07 Å². The number of pyridine rings is 2. The van der Waals surface area contributed by atoms with E-state index in [2.05, 4.69) is 42.1 Å². The van der Waals surface area contributed by atoms with Gasteiger partial charge in [-0.1, -0.05) is 0 Å². The van der Waals surface area contributed by atoms with E-state index in [0.29, 0.717) is 54.8 Å². The highest BCUT2D eigenvalue weighted by Crippen LogP contribution is 2.29. The van der Waals surface area contributed by atoms with E-state index in [1.807, 2.05) is 23.2 Å². The van der Waals surface area contributed by atoms with E-state index in [-0.39, 0.29) is 5.69 Å². The number of fused-ring (bicyclic) bond motifs is 1. The lowest BCUT2D eigenvalue weighted by Crippen LogP contribution is -2.44. The fourth-order valence-electron chi connectivity index (χ4n) is 4.04. The lowest BCUT2D eigenvalue weighted by molar-refractivity contribution is 0.122. The van der Waals surface area contributed by atoms with Crippen LogP contribution in [0.4, 0.5) is 32.1 Å². The third-order valence-corrected chi connectivity index (χ3v) is 5.96. The van der Waals surface area contributed by atoms with Crippen LogP contribution in [0.5, 0.6) is 0 Å². The number of hydrogen-bond acceptors (Lipinski definition) is 9. The van der Waals surface area contributed by atoms with Crippen LogP contribution in [0.3, 0.4) is 0 Å². The smallest absolute Gasteiger partial charge is 0.280 e. The topological polar surface area (TPSA) is 82.5 Å². The second-order valence-electron chi connectivity index (χ2n) is 8.22. The molecule has 0 amide bonds. The van der Waals surface area contributed by atoms with E-state index in [4.69, 9.17) is 4.74 Å². The number of nitrogens with one attached hydrogen (secondary N) is 1. The number of ether oxygens (including phenoxy) is 1. The van der Waals surface area contributed by atoms with Crippen molar-refractivity contribution in [3.8, 4) is 0 Å². The van der Waals surface area contributed by atoms with Gasteiger partial charge < -0.3 is 24.8 Å². The van der Waals surface area contributed by atoms with E-state index < -0.39 is 6.43 Å². The minimum absolute atomic E-state index is 0.283. The summed E-state index contributed by atoms with van der Waals surface area (Å²) in [5, 5.41) is 3.64. The van der Waals surface area contributed by atoms with Crippen LogP contribution >= 0.6 is 0 Å². The van der Waals surface area contributed by atoms with Crippen LogP contribution in [0.1, 0.15) is 12.1 Å². The van der Waals surface area contributed by atoms with Crippen LogP contribution in [0.25, 0.3) is 10.9 Å². The molecule has 3 aromatic heterocycles. The first-order valence-corrected chi connectivity index (χ1v) is 11.0. The SMILES string of the molecule is CN1CCN(c2ccc(Nc3ncc4cc(C(F)F)nc(N5CCOCC5)c4n3)nc2)CC1. The van der Waals surface area contributed by atoms with Gasteiger partial charge in [0.15, 0.2) is 5.82 Å². The molecular weight excluding hydrogens is 430 g/mol. The number of hydrogen-bond donors (Lipinski definition) is 1. The summed E-state index contributed by atoms with van der Waals surface area (Å²) in [5.41, 5.74) is 1.31. The van der Waals surface area contributed by atoms with Gasteiger partial charge in [0, 0.05) is 50.9 Å². The molecule has 2 aliphatic heterocycles. The third-order valence-electron chi connectivity index (χ3n) is 5.96. The number of aromatic nitrogens is 4. The van der Waals surface area contributed by atoms with Crippen LogP contribution in [0, 0.1) is 0 Å². The molecule has 2 aliphatic rings. The molecule has 9 nitrogen and oxygen atoms in total. The lowest BCUT2D eigenvalue weighted by Gasteiger charge is -2.33. The summed E-state index contributed by atoms with van der Waals surface area (Å²) < 4.78 is 32.2. The second kappa shape index (κ2) is 9.36. The molecule has 1 N–H and O–H groups in total. The monoisotopic (exact) mass is 456 g/mol. The van der Waals surface area contributed by atoms with Crippen molar-refractivity contribution in [1.29, 1.82) is 0 Å². The Hall–Kier alpha value is -3.18. The van der Waals surface area contributed by atoms with Gasteiger partial charge in [0.2, 0.25) is 5.95 Å². The van der Waals surface area contributed by atoms with Crippen molar-refractivity contribution in [1.82, 2.24) is 24.8 Å². The van der Waals surface area contributed by atoms with Crippen molar-refractivity contribution in [2.24, 2.45) is 0 Å². The minimum atomic E-state index is -2.67. The number of anilines is 4. The van der Waals surface area contributed by atoms with Gasteiger partial charge in [-0.3, -0.25) is 0 Å². The fourth-order valence-corrected chi connectivity index (χ4v) is 4.04. The predicted octanol–water partition coefficient (Wildman–Crippen LogP) is 2.69. The summed E-state index contributed by atoms with van der Waals surface area (Å²) in [6, 6.07) is 5.26. The minimum Gasteiger partial charge on any atom is -0.378 e. The molecule has 3 aromatic rings. The Morgan fingerprint density at radius 3 is 2.42 bits per heavy atom. The molecule has 0 radical (unpaired) electrons. The summed E-state index contributed by atoms with van der Waals surface area (Å²) in [7, 11) is 2.13. The van der Waals surface area contributed by atoms with E-state index in [9.17, 15) is 8.78 Å². The van der Waals surface area contributed by atoms with Crippen LogP contribution in [-0.2, 0) is 4.74 Å². The normalized spacial score (nSPS) is 17.7. The Balaban J connectivity index is 1.40. The molecule has 0 spiro atoms. The molecule has 0 atom stereocenters. The Kier molecular flexibility index (Phi) is 6.14. The number of likely N-dealkylation sites (N-methyl/N-ethyl adjacent to an activating group) is 1. The van der Waals surface area contributed by atoms with Gasteiger partial charge in [-0.15, -0.1) is 0 Å². The van der Waals surface area contributed by atoms with Crippen LogP contribution in [0.15, 0.2) is 30.6 Å². The Labute approximate surface area is 190 Å². The number of nitrogens with zero attached hydrogens (tertiary/aromatic N) is 7. The summed E-state index contributed by atoms with van der Waals surface area (Å²) in [5.74, 6) is 1.37. The van der Waals surface area contributed by atoms with E-state index in [1.54, 1.807) is 6.20 Å². The second-order valence-corrected chi connectivity index (χ2v) is 8.22. The highest BCUT2D eigenvalue weighted by atomic mass is 19.3. The first-order valence-electron chi connectivity index (χ1n) is 11.0. The molecule has 0 aromatic carbocycles. The Morgan fingerprint density at radius 1 is 0.939 bits per heavy atom. The van der Waals surface area contributed by atoms with E-state index in [0.717, 1.165) is 31.9 Å². The molecule has 0 aliphatic carbocycles. The van der Waals surface area contributed by atoms with Crippen molar-refractivity contribution in [3.63, 3.8) is 0 Å². The van der Waals surface area contributed by atoms with Crippen LogP contribution < -0.4 is 15.1 Å². The van der Waals surface area contributed by atoms with Crippen LogP contribution in [-0.4, -0.2) is 84.4 Å². The quantitative estimate of drug-likeness (QED) is 0.623. The zero-order valence-corrected chi connectivity index (χ0v) is 18.4. The zero-order valence-electron chi connectivity index (χ0n) is 18.4. The molecule has 0 bridgehead atoms. The van der Waals surface area contributed by atoms with Gasteiger partial charge in [0.25, 0.3) is 6.43 Å². The Morgan fingerprint density at radius 2 is 1.73 bits per heavy atom. The maximum atomic E-state index is 13.4. The molecule has 2 saturated heterocycles. The third kappa shape index (κ3) is 4.79. The van der Waals surface area contributed by atoms with Gasteiger partial charge in [-0.25, -0.2) is 28.7 Å². The molecule has 33 heavy (non-hydrogen) atoms. The number of alkyl halides is 2. The predicted molar refractivity (Wildman–Crippen MR) is 123 cm³/mol. The molecule has 5 heterocycles. The van der Waals surface area contributed by atoms with Gasteiger partial charge in [-0.2, -0.15) is 0 Å². The van der Waals surface area contributed by atoms with Crippen molar-refractivity contribution < 1.29 is 13.5 Å². The molecule has 5 rings (SSSR count). The van der Waals surface area contributed by atoms with Crippen molar-refractivity contribution >= 4 is 34.2 Å². The molecular formula is C22H26F2N8O. The highest BCUT2D eigenvalue weighted by molar-refractivity contribution is 5.89. The Bertz CT molecular complexity index is 1100. The van der Waals surface area contributed by atoms with Gasteiger partial charge in [0.1, 0.15) is 17.0 Å². The van der Waals surface area contributed by atoms with Gasteiger partial charge in [-0.05, 0) is 25.2 Å². The average molecular weight is 457 g/mol. The zero-order chi connectivity index (χ0) is 22.8. The van der Waals surface area contributed by atoms with Gasteiger partial charge in [0.05, 0.1) is 25.1 Å². The first kappa shape index (κ1) is 21.7. The number of rotatable bonds is 5. The highest BCUT2D eigenvalue weighted by Gasteiger charge is 2.21. The number of morpholine rings is 1. The summed E-state index contributed by atoms with van der Waals surface area (Å²) in [6.45, 7) is 6.15. The van der Waals surface area contributed by atoms with Crippen molar-refractivity contribution in [2.75, 3.05) is 74.6 Å². The molecule has 11 heteroatoms. The van der Waals surface area contributed by atoms with Crippen molar-refractivity contribution in [3.05, 3.63) is 36.3 Å². The summed E-state index contributed by atoms with van der Waals surface area (Å²) in [4.78, 5) is 24.2. The largest absolute Gasteiger partial charge is 0.378 e. The summed E-state index contributed by atoms with van der Waals surface area (Å²) in [6.07, 6.45) is 0.709. The lowest BCUT2D eigenvalue weighted by atomic mass is 10.2. The van der Waals surface area contributed by atoms with Crippen molar-refractivity contribution in [2.45, 2.75) is 6.43 Å². The maximum absolute atomic E-state index is 13.4.